The van der Waals surface area contributed by atoms with Gasteiger partial charge in [-0.05, 0) is 13.8 Å². The number of rotatable bonds is 2. The van der Waals surface area contributed by atoms with Crippen molar-refractivity contribution in [1.82, 2.24) is 14.7 Å². The first-order valence-corrected chi connectivity index (χ1v) is 6.16. The number of nitrogens with zero attached hydrogens (tertiary/aromatic N) is 4. The van der Waals surface area contributed by atoms with Crippen LogP contribution in [0.5, 0.6) is 0 Å². The Hall–Kier alpha value is -1.89. The molecule has 0 aromatic carbocycles. The molecule has 2 heterocycles. The summed E-state index contributed by atoms with van der Waals surface area (Å²) in [6, 6.07) is 0. The maximum absolute atomic E-state index is 12.1. The molecule has 0 bridgehead atoms. The zero-order valence-corrected chi connectivity index (χ0v) is 11.5. The van der Waals surface area contributed by atoms with Crippen molar-refractivity contribution in [1.29, 1.82) is 0 Å². The van der Waals surface area contributed by atoms with Gasteiger partial charge in [-0.15, -0.1) is 0 Å². The highest BCUT2D eigenvalue weighted by atomic mass is 16.2. The number of piperazine rings is 1. The Balaban J connectivity index is 2.07. The minimum Gasteiger partial charge on any atom is -0.330 e. The van der Waals surface area contributed by atoms with Gasteiger partial charge in [-0.2, -0.15) is 5.10 Å². The number of carbonyl (C=O) groups is 2. The largest absolute Gasteiger partial charge is 0.330 e. The van der Waals surface area contributed by atoms with E-state index in [4.69, 9.17) is 5.73 Å². The first kappa shape index (κ1) is 13.5. The molecule has 19 heavy (non-hydrogen) atoms. The Morgan fingerprint density at radius 3 is 2.58 bits per heavy atom. The molecule has 1 saturated heterocycles. The smallest absolute Gasteiger partial charge is 0.246 e. The molecule has 1 aromatic rings. The van der Waals surface area contributed by atoms with E-state index in [2.05, 4.69) is 5.10 Å². The predicted octanol–water partition coefficient (Wildman–Crippen LogP) is -0.667. The molecule has 0 spiro atoms. The van der Waals surface area contributed by atoms with Crippen LogP contribution in [0.3, 0.4) is 0 Å². The van der Waals surface area contributed by atoms with Gasteiger partial charge in [0.15, 0.2) is 0 Å². The molecule has 1 fully saturated rings. The summed E-state index contributed by atoms with van der Waals surface area (Å²) >= 11 is 0. The maximum atomic E-state index is 12.1. The lowest BCUT2D eigenvalue weighted by Crippen LogP contribution is -2.58. The molecule has 2 amide bonds. The highest BCUT2D eigenvalue weighted by Gasteiger charge is 2.34. The number of aromatic nitrogens is 2. The lowest BCUT2D eigenvalue weighted by atomic mass is 10.0. The number of amides is 2. The molecule has 1 aromatic heterocycles. The molecule has 104 valence electrons. The van der Waals surface area contributed by atoms with E-state index in [0.717, 1.165) is 5.69 Å². The number of aryl methyl sites for hydroxylation is 1. The molecule has 0 unspecified atom stereocenters. The second-order valence-corrected chi connectivity index (χ2v) is 5.37. The van der Waals surface area contributed by atoms with Gasteiger partial charge in [0.05, 0.1) is 17.4 Å². The van der Waals surface area contributed by atoms with Crippen molar-refractivity contribution >= 4 is 17.5 Å². The van der Waals surface area contributed by atoms with Gasteiger partial charge in [-0.1, -0.05) is 0 Å². The molecular weight excluding hydrogens is 246 g/mol. The van der Waals surface area contributed by atoms with Crippen LogP contribution in [0, 0.1) is 0 Å². The van der Waals surface area contributed by atoms with Gasteiger partial charge in [0.25, 0.3) is 0 Å². The third kappa shape index (κ3) is 2.76. The summed E-state index contributed by atoms with van der Waals surface area (Å²) in [6.07, 6.45) is 3.42. The zero-order chi connectivity index (χ0) is 14.2. The Bertz CT molecular complexity index is 502. The lowest BCUT2D eigenvalue weighted by Gasteiger charge is -2.36. The summed E-state index contributed by atoms with van der Waals surface area (Å²) in [7, 11) is 1.80. The quantitative estimate of drug-likeness (QED) is 0.769. The van der Waals surface area contributed by atoms with E-state index in [1.54, 1.807) is 42.9 Å². The van der Waals surface area contributed by atoms with Gasteiger partial charge in [0.2, 0.25) is 11.8 Å². The van der Waals surface area contributed by atoms with Crippen LogP contribution < -0.4 is 10.6 Å². The average Bonchev–Trinajstić information content (AvgIpc) is 2.73. The fraction of sp³-hybridized carbons (Fsp3) is 0.583. The van der Waals surface area contributed by atoms with E-state index in [9.17, 15) is 9.59 Å². The summed E-state index contributed by atoms with van der Waals surface area (Å²) in [5.74, 6) is -0.316. The molecule has 7 heteroatoms. The summed E-state index contributed by atoms with van der Waals surface area (Å²) in [6.45, 7) is 4.31. The fourth-order valence-corrected chi connectivity index (χ4v) is 2.07. The fourth-order valence-electron chi connectivity index (χ4n) is 2.07. The Morgan fingerprint density at radius 2 is 2.11 bits per heavy atom. The Labute approximate surface area is 111 Å². The molecule has 0 radical (unpaired) electrons. The molecule has 1 aliphatic heterocycles. The topological polar surface area (TPSA) is 84.5 Å². The average molecular weight is 265 g/mol. The van der Waals surface area contributed by atoms with E-state index in [-0.39, 0.29) is 18.4 Å². The van der Waals surface area contributed by atoms with E-state index in [1.165, 1.54) is 4.90 Å². The standard InChI is InChI=1S/C12H19N5O2/c1-12(2,13)11(19)16-4-5-17(10(18)8-16)9-6-14-15(3)7-9/h6-7H,4-5,8,13H2,1-3H3. The molecule has 0 atom stereocenters. The minimum atomic E-state index is -0.948. The molecule has 7 nitrogen and oxygen atoms in total. The number of carbonyl (C=O) groups excluding carboxylic acids is 2. The van der Waals surface area contributed by atoms with E-state index in [1.807, 2.05) is 0 Å². The lowest BCUT2D eigenvalue weighted by molar-refractivity contribution is -0.140. The van der Waals surface area contributed by atoms with Crippen molar-refractivity contribution in [2.75, 3.05) is 24.5 Å². The van der Waals surface area contributed by atoms with Crippen molar-refractivity contribution < 1.29 is 9.59 Å². The first-order chi connectivity index (χ1) is 8.79. The number of nitrogens with two attached hydrogens (primary N) is 1. The molecular formula is C12H19N5O2. The first-order valence-electron chi connectivity index (χ1n) is 6.16. The van der Waals surface area contributed by atoms with Gasteiger partial charge in [-0.25, -0.2) is 0 Å². The highest BCUT2D eigenvalue weighted by molar-refractivity contribution is 5.98. The summed E-state index contributed by atoms with van der Waals surface area (Å²) in [5.41, 5.74) is 5.58. The second kappa shape index (κ2) is 4.65. The third-order valence-corrected chi connectivity index (χ3v) is 3.06. The van der Waals surface area contributed by atoms with Gasteiger partial charge >= 0.3 is 0 Å². The number of hydrogen-bond acceptors (Lipinski definition) is 4. The highest BCUT2D eigenvalue weighted by Crippen LogP contribution is 2.17. The van der Waals surface area contributed by atoms with Gasteiger partial charge in [-0.3, -0.25) is 14.3 Å². The predicted molar refractivity (Wildman–Crippen MR) is 70.4 cm³/mol. The van der Waals surface area contributed by atoms with Crippen molar-refractivity contribution in [3.05, 3.63) is 12.4 Å². The molecule has 1 aliphatic rings. The van der Waals surface area contributed by atoms with Gasteiger partial charge < -0.3 is 15.5 Å². The van der Waals surface area contributed by atoms with Crippen molar-refractivity contribution in [3.8, 4) is 0 Å². The Morgan fingerprint density at radius 1 is 1.42 bits per heavy atom. The second-order valence-electron chi connectivity index (χ2n) is 5.37. The van der Waals surface area contributed by atoms with Gasteiger partial charge in [0.1, 0.15) is 6.54 Å². The molecule has 2 N–H and O–H groups in total. The third-order valence-electron chi connectivity index (χ3n) is 3.06. The van der Waals surface area contributed by atoms with Crippen LogP contribution in [0.15, 0.2) is 12.4 Å². The van der Waals surface area contributed by atoms with E-state index >= 15 is 0 Å². The SMILES string of the molecule is Cn1cc(N2CCN(C(=O)C(C)(C)N)CC2=O)cn1. The normalized spacial score (nSPS) is 16.9. The summed E-state index contributed by atoms with van der Waals surface area (Å²) in [5, 5.41) is 4.04. The van der Waals surface area contributed by atoms with Crippen LogP contribution in [-0.2, 0) is 16.6 Å². The number of anilines is 1. The van der Waals surface area contributed by atoms with Crippen LogP contribution in [0.25, 0.3) is 0 Å². The van der Waals surface area contributed by atoms with Crippen LogP contribution in [0.1, 0.15) is 13.8 Å². The van der Waals surface area contributed by atoms with Crippen molar-refractivity contribution in [2.24, 2.45) is 12.8 Å². The Kier molecular flexibility index (Phi) is 3.32. The maximum Gasteiger partial charge on any atom is 0.246 e. The van der Waals surface area contributed by atoms with Crippen LogP contribution in [0.2, 0.25) is 0 Å². The van der Waals surface area contributed by atoms with Crippen LogP contribution in [-0.4, -0.2) is 51.7 Å². The van der Waals surface area contributed by atoms with Crippen molar-refractivity contribution in [3.63, 3.8) is 0 Å². The molecule has 0 saturated carbocycles. The molecule has 2 rings (SSSR count). The summed E-state index contributed by atoms with van der Waals surface area (Å²) < 4.78 is 1.64. The minimum absolute atomic E-state index is 0.0638. The van der Waals surface area contributed by atoms with Crippen LogP contribution >= 0.6 is 0 Å². The van der Waals surface area contributed by atoms with E-state index in [0.29, 0.717) is 13.1 Å². The monoisotopic (exact) mass is 265 g/mol. The number of hydrogen-bond donors (Lipinski definition) is 1. The van der Waals surface area contributed by atoms with Crippen molar-refractivity contribution in [2.45, 2.75) is 19.4 Å². The van der Waals surface area contributed by atoms with Gasteiger partial charge in [0, 0.05) is 26.3 Å². The molecule has 0 aliphatic carbocycles. The summed E-state index contributed by atoms with van der Waals surface area (Å²) in [4.78, 5) is 27.3. The van der Waals surface area contributed by atoms with Crippen LogP contribution in [0.4, 0.5) is 5.69 Å². The van der Waals surface area contributed by atoms with E-state index < -0.39 is 5.54 Å². The zero-order valence-electron chi connectivity index (χ0n) is 11.5.